The van der Waals surface area contributed by atoms with Crippen molar-refractivity contribution in [2.24, 2.45) is 0 Å². The molecule has 1 aliphatic rings. The van der Waals surface area contributed by atoms with Gasteiger partial charge in [0.15, 0.2) is 0 Å². The highest BCUT2D eigenvalue weighted by atomic mass is 79.9. The number of furan rings is 1. The SMILES string of the molecule is CC(=O)OCCN1C(=O)C(C#N)=C(C)/C(=C\c2ccc(-c3ccc(Br)cc3)o2)C1=O. The molecule has 0 fully saturated rings. The zero-order chi connectivity index (χ0) is 21.8. The molecule has 0 bridgehead atoms. The van der Waals surface area contributed by atoms with Gasteiger partial charge in [-0.2, -0.15) is 5.26 Å². The van der Waals surface area contributed by atoms with Crippen LogP contribution in [0, 0.1) is 11.3 Å². The number of benzene rings is 1. The quantitative estimate of drug-likeness (QED) is 0.375. The first-order valence-electron chi connectivity index (χ1n) is 9.00. The fourth-order valence-corrected chi connectivity index (χ4v) is 3.22. The van der Waals surface area contributed by atoms with E-state index in [0.29, 0.717) is 11.5 Å². The highest BCUT2D eigenvalue weighted by molar-refractivity contribution is 9.10. The lowest BCUT2D eigenvalue weighted by Gasteiger charge is -2.27. The molecule has 2 heterocycles. The number of nitrogens with zero attached hydrogens (tertiary/aromatic N) is 2. The first kappa shape index (κ1) is 21.3. The van der Waals surface area contributed by atoms with Crippen LogP contribution in [0.15, 0.2) is 62.0 Å². The molecule has 1 aromatic carbocycles. The molecule has 0 unspecified atom stereocenters. The van der Waals surface area contributed by atoms with Crippen LogP contribution in [0.25, 0.3) is 17.4 Å². The molecule has 152 valence electrons. The van der Waals surface area contributed by atoms with E-state index in [9.17, 15) is 19.6 Å². The minimum Gasteiger partial charge on any atom is -0.464 e. The fraction of sp³-hybridized carbons (Fsp3) is 0.182. The summed E-state index contributed by atoms with van der Waals surface area (Å²) in [7, 11) is 0. The summed E-state index contributed by atoms with van der Waals surface area (Å²) in [6.45, 7) is 2.49. The van der Waals surface area contributed by atoms with Crippen LogP contribution < -0.4 is 0 Å². The average molecular weight is 469 g/mol. The molecule has 2 amide bonds. The standard InChI is InChI=1S/C22H17BrN2O5/c1-13-18(11-17-7-8-20(30-17)15-3-5-16(23)6-4-15)21(27)25(9-10-29-14(2)26)22(28)19(13)12-24/h3-8,11H,9-10H2,1-2H3/b18-11+. The Morgan fingerprint density at radius 3 is 2.53 bits per heavy atom. The van der Waals surface area contributed by atoms with Crippen molar-refractivity contribution < 1.29 is 23.5 Å². The summed E-state index contributed by atoms with van der Waals surface area (Å²) in [5.41, 5.74) is 1.17. The molecular formula is C22H17BrN2O5. The lowest BCUT2D eigenvalue weighted by Crippen LogP contribution is -2.44. The van der Waals surface area contributed by atoms with Crippen molar-refractivity contribution in [3.63, 3.8) is 0 Å². The van der Waals surface area contributed by atoms with Gasteiger partial charge in [0.05, 0.1) is 6.54 Å². The van der Waals surface area contributed by atoms with Crippen LogP contribution in [0.3, 0.4) is 0 Å². The van der Waals surface area contributed by atoms with Crippen LogP contribution in [-0.4, -0.2) is 35.8 Å². The Labute approximate surface area is 181 Å². The first-order valence-corrected chi connectivity index (χ1v) is 9.79. The van der Waals surface area contributed by atoms with E-state index < -0.39 is 17.8 Å². The summed E-state index contributed by atoms with van der Waals surface area (Å²) >= 11 is 3.38. The Kier molecular flexibility index (Phi) is 6.33. The van der Waals surface area contributed by atoms with Crippen molar-refractivity contribution in [3.8, 4) is 17.4 Å². The van der Waals surface area contributed by atoms with E-state index in [1.807, 2.05) is 30.3 Å². The zero-order valence-electron chi connectivity index (χ0n) is 16.3. The van der Waals surface area contributed by atoms with Gasteiger partial charge >= 0.3 is 5.97 Å². The van der Waals surface area contributed by atoms with Crippen LogP contribution >= 0.6 is 15.9 Å². The number of amides is 2. The smallest absolute Gasteiger partial charge is 0.302 e. The molecule has 0 N–H and O–H groups in total. The third-order valence-electron chi connectivity index (χ3n) is 4.49. The summed E-state index contributed by atoms with van der Waals surface area (Å²) in [5, 5.41) is 9.40. The third kappa shape index (κ3) is 4.42. The topological polar surface area (TPSA) is 101 Å². The molecule has 0 atom stereocenters. The van der Waals surface area contributed by atoms with Gasteiger partial charge in [-0.3, -0.25) is 19.3 Å². The molecule has 0 saturated carbocycles. The number of imide groups is 1. The van der Waals surface area contributed by atoms with Crippen LogP contribution in [0.2, 0.25) is 0 Å². The number of rotatable bonds is 5. The van der Waals surface area contributed by atoms with Crippen LogP contribution in [0.4, 0.5) is 0 Å². The van der Waals surface area contributed by atoms with Crippen molar-refractivity contribution in [2.75, 3.05) is 13.2 Å². The second-order valence-electron chi connectivity index (χ2n) is 6.48. The van der Waals surface area contributed by atoms with E-state index in [1.54, 1.807) is 19.1 Å². The van der Waals surface area contributed by atoms with Crippen molar-refractivity contribution in [2.45, 2.75) is 13.8 Å². The first-order chi connectivity index (χ1) is 14.3. The molecule has 0 spiro atoms. The highest BCUT2D eigenvalue weighted by Gasteiger charge is 2.35. The van der Waals surface area contributed by atoms with Gasteiger partial charge in [0.25, 0.3) is 11.8 Å². The number of ether oxygens (including phenoxy) is 1. The molecule has 7 nitrogen and oxygen atoms in total. The largest absolute Gasteiger partial charge is 0.464 e. The zero-order valence-corrected chi connectivity index (χ0v) is 17.9. The summed E-state index contributed by atoms with van der Waals surface area (Å²) < 4.78 is 11.6. The van der Waals surface area contributed by atoms with Crippen molar-refractivity contribution >= 4 is 39.8 Å². The number of carbonyl (C=O) groups excluding carboxylic acids is 3. The minimum atomic E-state index is -0.709. The molecule has 1 aromatic heterocycles. The van der Waals surface area contributed by atoms with E-state index in [1.165, 1.54) is 13.0 Å². The van der Waals surface area contributed by atoms with Crippen molar-refractivity contribution in [3.05, 3.63) is 63.4 Å². The fourth-order valence-electron chi connectivity index (χ4n) is 2.96. The number of carbonyl (C=O) groups is 3. The summed E-state index contributed by atoms with van der Waals surface area (Å²) in [6.07, 6.45) is 1.50. The summed E-state index contributed by atoms with van der Waals surface area (Å²) in [5.74, 6) is -0.791. The molecule has 0 saturated heterocycles. The van der Waals surface area contributed by atoms with Gasteiger partial charge in [-0.1, -0.05) is 28.1 Å². The Morgan fingerprint density at radius 2 is 1.90 bits per heavy atom. The van der Waals surface area contributed by atoms with E-state index >= 15 is 0 Å². The minimum absolute atomic E-state index is 0.136. The highest BCUT2D eigenvalue weighted by Crippen LogP contribution is 2.29. The van der Waals surface area contributed by atoms with E-state index in [-0.39, 0.29) is 29.9 Å². The van der Waals surface area contributed by atoms with Gasteiger partial charge in [0, 0.05) is 22.5 Å². The van der Waals surface area contributed by atoms with Gasteiger partial charge < -0.3 is 9.15 Å². The third-order valence-corrected chi connectivity index (χ3v) is 5.02. The molecular weight excluding hydrogens is 452 g/mol. The van der Waals surface area contributed by atoms with Gasteiger partial charge in [-0.15, -0.1) is 0 Å². The molecule has 2 aromatic rings. The lowest BCUT2D eigenvalue weighted by molar-refractivity contribution is -0.147. The van der Waals surface area contributed by atoms with E-state index in [2.05, 4.69) is 15.9 Å². The molecule has 0 radical (unpaired) electrons. The van der Waals surface area contributed by atoms with E-state index in [4.69, 9.17) is 9.15 Å². The molecule has 3 rings (SSSR count). The molecule has 8 heteroatoms. The van der Waals surface area contributed by atoms with Gasteiger partial charge in [0.2, 0.25) is 0 Å². The van der Waals surface area contributed by atoms with Gasteiger partial charge in [-0.05, 0) is 42.8 Å². The van der Waals surface area contributed by atoms with Crippen LogP contribution in [0.5, 0.6) is 0 Å². The Morgan fingerprint density at radius 1 is 1.20 bits per heavy atom. The van der Waals surface area contributed by atoms with Crippen LogP contribution in [0.1, 0.15) is 19.6 Å². The van der Waals surface area contributed by atoms with Crippen LogP contribution in [-0.2, 0) is 19.1 Å². The normalized spacial score (nSPS) is 15.5. The number of halogens is 1. The van der Waals surface area contributed by atoms with E-state index in [0.717, 1.165) is 14.9 Å². The molecule has 0 aliphatic carbocycles. The number of hydrogen-bond acceptors (Lipinski definition) is 6. The lowest BCUT2D eigenvalue weighted by atomic mass is 9.94. The Bertz CT molecular complexity index is 1120. The molecule has 30 heavy (non-hydrogen) atoms. The summed E-state index contributed by atoms with van der Waals surface area (Å²) in [6, 6.07) is 12.9. The number of hydrogen-bond donors (Lipinski definition) is 0. The maximum Gasteiger partial charge on any atom is 0.302 e. The number of esters is 1. The Hall–Kier alpha value is -3.44. The summed E-state index contributed by atoms with van der Waals surface area (Å²) in [4.78, 5) is 37.3. The Balaban J connectivity index is 1.93. The number of nitriles is 1. The monoisotopic (exact) mass is 468 g/mol. The second-order valence-corrected chi connectivity index (χ2v) is 7.40. The second kappa shape index (κ2) is 8.93. The van der Waals surface area contributed by atoms with Crippen molar-refractivity contribution in [1.29, 1.82) is 5.26 Å². The average Bonchev–Trinajstić information content (AvgIpc) is 3.17. The predicted octanol–water partition coefficient (Wildman–Crippen LogP) is 3.86. The maximum atomic E-state index is 12.9. The van der Waals surface area contributed by atoms with Crippen molar-refractivity contribution in [1.82, 2.24) is 4.90 Å². The molecule has 1 aliphatic heterocycles. The predicted molar refractivity (Wildman–Crippen MR) is 111 cm³/mol. The maximum absolute atomic E-state index is 12.9. The van der Waals surface area contributed by atoms with Gasteiger partial charge in [-0.25, -0.2) is 0 Å². The van der Waals surface area contributed by atoms with Gasteiger partial charge in [0.1, 0.15) is 29.8 Å².